The Bertz CT molecular complexity index is 2550. The number of hydrogen-bond donors (Lipinski definition) is 2. The summed E-state index contributed by atoms with van der Waals surface area (Å²) < 4.78 is 30.3. The number of thioether (sulfide) groups is 1. The van der Waals surface area contributed by atoms with Crippen molar-refractivity contribution in [3.8, 4) is 11.1 Å². The van der Waals surface area contributed by atoms with E-state index in [2.05, 4.69) is 83.2 Å². The maximum absolute atomic E-state index is 13.8. The van der Waals surface area contributed by atoms with Crippen LogP contribution in [-0.2, 0) is 16.6 Å². The number of nitrogens with one attached hydrogen (secondary N) is 2. The van der Waals surface area contributed by atoms with E-state index in [0.717, 1.165) is 81.0 Å². The zero-order valence-corrected chi connectivity index (χ0v) is 36.2. The van der Waals surface area contributed by atoms with Gasteiger partial charge in [0.05, 0.1) is 15.3 Å². The van der Waals surface area contributed by atoms with Crippen molar-refractivity contribution in [2.75, 3.05) is 66.5 Å². The molecule has 61 heavy (non-hydrogen) atoms. The lowest BCUT2D eigenvalue weighted by molar-refractivity contribution is -0.384. The quantitative estimate of drug-likeness (QED) is 0.0547. The second kappa shape index (κ2) is 19.6. The van der Waals surface area contributed by atoms with Crippen molar-refractivity contribution in [3.05, 3.63) is 142 Å². The summed E-state index contributed by atoms with van der Waals surface area (Å²) in [5.41, 5.74) is 5.14. The third-order valence-corrected chi connectivity index (χ3v) is 14.2. The zero-order valence-electron chi connectivity index (χ0n) is 33.8. The first-order valence-corrected chi connectivity index (χ1v) is 23.6. The fraction of sp³-hybridized carbons (Fsp3) is 0.304. The van der Waals surface area contributed by atoms with E-state index >= 15 is 0 Å². The van der Waals surface area contributed by atoms with Crippen LogP contribution in [0.15, 0.2) is 131 Å². The molecule has 2 N–H and O–H groups in total. The lowest BCUT2D eigenvalue weighted by Crippen LogP contribution is -2.46. The normalized spacial score (nSPS) is 15.7. The number of nitro groups is 1. The number of nitro benzene ring substituents is 1. The number of nitrogens with zero attached hydrogens (tertiary/aromatic N) is 6. The van der Waals surface area contributed by atoms with Crippen LogP contribution in [0.4, 0.5) is 22.9 Å². The number of sulfonamides is 1. The Labute approximate surface area is 366 Å². The molecule has 1 unspecified atom stereocenters. The van der Waals surface area contributed by atoms with Crippen molar-refractivity contribution in [2.24, 2.45) is 0 Å². The van der Waals surface area contributed by atoms with Crippen molar-refractivity contribution >= 4 is 67.2 Å². The molecule has 0 radical (unpaired) electrons. The molecule has 8 rings (SSSR count). The van der Waals surface area contributed by atoms with E-state index < -0.39 is 14.9 Å². The Hall–Kier alpha value is -5.25. The average Bonchev–Trinajstić information content (AvgIpc) is 3.28. The number of halogens is 1. The fourth-order valence-corrected chi connectivity index (χ4v) is 10.3. The largest absolute Gasteiger partial charge is 0.376 e. The number of rotatable bonds is 16. The minimum absolute atomic E-state index is 0.0872. The summed E-state index contributed by atoms with van der Waals surface area (Å²) in [7, 11) is -4.27. The highest BCUT2D eigenvalue weighted by Gasteiger charge is 2.26. The van der Waals surface area contributed by atoms with E-state index in [0.29, 0.717) is 21.7 Å². The van der Waals surface area contributed by atoms with Crippen molar-refractivity contribution in [3.63, 3.8) is 0 Å². The predicted octanol–water partition coefficient (Wildman–Crippen LogP) is 9.43. The smallest absolute Gasteiger partial charge is 0.293 e. The van der Waals surface area contributed by atoms with Gasteiger partial charge in [-0.05, 0) is 104 Å². The number of hydrogen-bond acceptors (Lipinski definition) is 11. The lowest BCUT2D eigenvalue weighted by atomic mass is 9.99. The Morgan fingerprint density at radius 3 is 2.33 bits per heavy atom. The molecule has 3 heterocycles. The van der Waals surface area contributed by atoms with Gasteiger partial charge in [0.1, 0.15) is 12.0 Å². The molecule has 2 aliphatic rings. The number of anilines is 3. The summed E-state index contributed by atoms with van der Waals surface area (Å²) >= 11 is 7.84. The summed E-state index contributed by atoms with van der Waals surface area (Å²) in [5.74, 6) is 0.789. The number of aromatic nitrogens is 2. The van der Waals surface area contributed by atoms with Crippen LogP contribution < -0.4 is 14.9 Å². The van der Waals surface area contributed by atoms with Crippen LogP contribution >= 0.6 is 23.4 Å². The van der Waals surface area contributed by atoms with Gasteiger partial charge in [0.15, 0.2) is 5.82 Å². The minimum Gasteiger partial charge on any atom is -0.376 e. The Balaban J connectivity index is 0.934. The maximum atomic E-state index is 13.8. The standard InChI is InChI=1S/C46H49ClN8O4S2/c47-36-15-13-34(14-16-36)41-12-6-5-9-35(41)31-53-25-27-54(28-26-53)38-17-19-42-44(29-38)48-33-49-46(42)51-61(58,59)40-18-20-43(45(30-40)55(56)57)50-37(21-24-52-22-7-2-8-23-52)32-60-39-10-3-1-4-11-39/h1,3-6,9-20,29-30,33,37,50H,2,7-8,21-28,31-32H2,(H,48,49,51). The highest BCUT2D eigenvalue weighted by atomic mass is 35.5. The fourth-order valence-electron chi connectivity index (χ4n) is 8.09. The van der Waals surface area contributed by atoms with Gasteiger partial charge in [-0.2, -0.15) is 0 Å². The van der Waals surface area contributed by atoms with Gasteiger partial charge in [-0.25, -0.2) is 18.4 Å². The molecule has 0 bridgehead atoms. The number of piperazine rings is 1. The SMILES string of the molecule is O=[N+]([O-])c1cc(S(=O)(=O)Nc2ncnc3cc(N4CCN(Cc5ccccc5-c5ccc(Cl)cc5)CC4)ccc23)ccc1NC(CCN1CCCCC1)CSc1ccccc1. The van der Waals surface area contributed by atoms with Gasteiger partial charge >= 0.3 is 0 Å². The lowest BCUT2D eigenvalue weighted by Gasteiger charge is -2.36. The molecule has 6 aromatic rings. The number of fused-ring (bicyclic) bond motifs is 1. The van der Waals surface area contributed by atoms with Crippen LogP contribution in [0.3, 0.4) is 0 Å². The molecule has 316 valence electrons. The predicted molar refractivity (Wildman–Crippen MR) is 247 cm³/mol. The van der Waals surface area contributed by atoms with E-state index in [4.69, 9.17) is 11.6 Å². The van der Waals surface area contributed by atoms with E-state index in [1.165, 1.54) is 48.8 Å². The maximum Gasteiger partial charge on any atom is 0.293 e. The van der Waals surface area contributed by atoms with Crippen molar-refractivity contribution in [2.45, 2.75) is 48.1 Å². The Morgan fingerprint density at radius 1 is 0.803 bits per heavy atom. The highest BCUT2D eigenvalue weighted by molar-refractivity contribution is 7.99. The summed E-state index contributed by atoms with van der Waals surface area (Å²) in [5, 5.41) is 17.1. The minimum atomic E-state index is -4.27. The van der Waals surface area contributed by atoms with Gasteiger partial charge in [-0.1, -0.05) is 72.6 Å². The van der Waals surface area contributed by atoms with Crippen LogP contribution in [0.1, 0.15) is 31.2 Å². The van der Waals surface area contributed by atoms with Crippen molar-refractivity contribution in [1.29, 1.82) is 0 Å². The first-order chi connectivity index (χ1) is 29.7. The molecular formula is C46H49ClN8O4S2. The van der Waals surface area contributed by atoms with Gasteiger partial charge in [-0.15, -0.1) is 11.8 Å². The average molecular weight is 878 g/mol. The molecule has 15 heteroatoms. The molecule has 2 saturated heterocycles. The van der Waals surface area contributed by atoms with E-state index in [1.54, 1.807) is 11.8 Å². The molecule has 0 saturated carbocycles. The van der Waals surface area contributed by atoms with Gasteiger partial charge in [0, 0.05) is 78.1 Å². The van der Waals surface area contributed by atoms with Crippen LogP contribution in [-0.4, -0.2) is 90.7 Å². The summed E-state index contributed by atoms with van der Waals surface area (Å²) in [6, 6.07) is 36.2. The molecular weight excluding hydrogens is 828 g/mol. The zero-order chi connectivity index (χ0) is 42.2. The van der Waals surface area contributed by atoms with Crippen LogP contribution in [0.2, 0.25) is 5.02 Å². The van der Waals surface area contributed by atoms with E-state index in [-0.39, 0.29) is 28.1 Å². The molecule has 5 aromatic carbocycles. The highest BCUT2D eigenvalue weighted by Crippen LogP contribution is 2.33. The van der Waals surface area contributed by atoms with Crippen LogP contribution in [0.5, 0.6) is 0 Å². The summed E-state index contributed by atoms with van der Waals surface area (Å²) in [4.78, 5) is 28.8. The van der Waals surface area contributed by atoms with E-state index in [1.807, 2.05) is 48.5 Å². The summed E-state index contributed by atoms with van der Waals surface area (Å²) in [6.45, 7) is 7.19. The van der Waals surface area contributed by atoms with Gasteiger partial charge in [-0.3, -0.25) is 19.7 Å². The van der Waals surface area contributed by atoms with Crippen molar-refractivity contribution in [1.82, 2.24) is 19.8 Å². The monoisotopic (exact) mass is 876 g/mol. The molecule has 0 amide bonds. The number of piperidine rings is 1. The Kier molecular flexibility index (Phi) is 13.7. The second-order valence-electron chi connectivity index (χ2n) is 15.5. The number of benzene rings is 5. The molecule has 1 atom stereocenters. The van der Waals surface area contributed by atoms with Gasteiger partial charge in [0.2, 0.25) is 0 Å². The third-order valence-electron chi connectivity index (χ3n) is 11.4. The molecule has 12 nitrogen and oxygen atoms in total. The molecule has 2 aliphatic heterocycles. The topological polar surface area (TPSA) is 137 Å². The van der Waals surface area contributed by atoms with Gasteiger partial charge < -0.3 is 15.1 Å². The summed E-state index contributed by atoms with van der Waals surface area (Å²) in [6.07, 6.45) is 5.72. The van der Waals surface area contributed by atoms with Gasteiger partial charge in [0.25, 0.3) is 15.7 Å². The van der Waals surface area contributed by atoms with Crippen molar-refractivity contribution < 1.29 is 13.3 Å². The third kappa shape index (κ3) is 10.8. The number of likely N-dealkylation sites (tertiary alicyclic amines) is 1. The molecule has 0 spiro atoms. The van der Waals surface area contributed by atoms with Crippen LogP contribution in [0.25, 0.3) is 22.0 Å². The van der Waals surface area contributed by atoms with Crippen LogP contribution in [0, 0.1) is 10.1 Å². The second-order valence-corrected chi connectivity index (χ2v) is 18.8. The first-order valence-electron chi connectivity index (χ1n) is 20.7. The molecule has 1 aromatic heterocycles. The molecule has 0 aliphatic carbocycles. The molecule has 2 fully saturated rings. The van der Waals surface area contributed by atoms with E-state index in [9.17, 15) is 18.5 Å². The first kappa shape index (κ1) is 42.4. The Morgan fingerprint density at radius 2 is 1.56 bits per heavy atom.